The number of rotatable bonds is 15. The van der Waals surface area contributed by atoms with E-state index in [9.17, 15) is 9.59 Å². The van der Waals surface area contributed by atoms with Crippen molar-refractivity contribution < 1.29 is 33.6 Å². The standard InChI is InChI=1S/C35H42ClN3O7/c1-34(2,3)46-30(41)17-19-35(33(42)39-37-20-18-24-9-13-27(36)14-10-24)31(26-7-5-8-29(23-26)43-4)45-32(38-35)25-11-15-28(16-12-25)44-22-6-21-40/h5,7-16,23,31,37,40H,6,17-22H2,1-4H3,(H,39,42)/t31-,35-/m0/s1. The van der Waals surface area contributed by atoms with Crippen LogP contribution in [0.15, 0.2) is 77.8 Å². The summed E-state index contributed by atoms with van der Waals surface area (Å²) < 4.78 is 23.2. The van der Waals surface area contributed by atoms with Crippen LogP contribution in [0.5, 0.6) is 11.5 Å². The van der Waals surface area contributed by atoms with E-state index >= 15 is 0 Å². The van der Waals surface area contributed by atoms with Crippen LogP contribution < -0.4 is 20.3 Å². The summed E-state index contributed by atoms with van der Waals surface area (Å²) in [6.07, 6.45) is 0.203. The van der Waals surface area contributed by atoms with E-state index in [1.54, 1.807) is 64.3 Å². The van der Waals surface area contributed by atoms with Gasteiger partial charge in [0.25, 0.3) is 5.91 Å². The first-order chi connectivity index (χ1) is 22.0. The molecule has 11 heteroatoms. The summed E-state index contributed by atoms with van der Waals surface area (Å²) in [4.78, 5) is 32.1. The Morgan fingerprint density at radius 3 is 2.46 bits per heavy atom. The average molecular weight is 652 g/mol. The van der Waals surface area contributed by atoms with Crippen molar-refractivity contribution in [2.24, 2.45) is 4.99 Å². The lowest BCUT2D eigenvalue weighted by atomic mass is 9.83. The zero-order valence-corrected chi connectivity index (χ0v) is 27.4. The van der Waals surface area contributed by atoms with Crippen molar-refractivity contribution in [3.05, 3.63) is 94.5 Å². The Kier molecular flexibility index (Phi) is 12.0. The van der Waals surface area contributed by atoms with Crippen molar-refractivity contribution >= 4 is 29.4 Å². The van der Waals surface area contributed by atoms with E-state index in [2.05, 4.69) is 10.9 Å². The Bertz CT molecular complexity index is 1490. The van der Waals surface area contributed by atoms with Gasteiger partial charge >= 0.3 is 5.97 Å². The molecule has 3 aromatic rings. The summed E-state index contributed by atoms with van der Waals surface area (Å²) in [5, 5.41) is 9.70. The van der Waals surface area contributed by atoms with E-state index in [1.165, 1.54) is 0 Å². The number of benzene rings is 3. The van der Waals surface area contributed by atoms with Crippen LogP contribution in [0.1, 0.15) is 62.8 Å². The first-order valence-corrected chi connectivity index (χ1v) is 15.6. The predicted molar refractivity (Wildman–Crippen MR) is 176 cm³/mol. The summed E-state index contributed by atoms with van der Waals surface area (Å²) in [6, 6.07) is 21.9. The molecule has 0 saturated carbocycles. The second-order valence-corrected chi connectivity index (χ2v) is 12.3. The zero-order chi connectivity index (χ0) is 33.2. The number of amides is 1. The summed E-state index contributed by atoms with van der Waals surface area (Å²) in [5.74, 6) is 0.544. The van der Waals surface area contributed by atoms with Gasteiger partial charge in [-0.05, 0) is 93.3 Å². The SMILES string of the molecule is COc1cccc([C@@H]2OC(c3ccc(OCCCO)cc3)=N[C@]2(CCC(=O)OC(C)(C)C)C(=O)NNCCc2ccc(Cl)cc2)c1. The number of carbonyl (C=O) groups excluding carboxylic acids is 2. The highest BCUT2D eigenvalue weighted by Crippen LogP contribution is 2.44. The van der Waals surface area contributed by atoms with E-state index in [0.29, 0.717) is 53.6 Å². The highest BCUT2D eigenvalue weighted by atomic mass is 35.5. The minimum Gasteiger partial charge on any atom is -0.497 e. The van der Waals surface area contributed by atoms with Crippen LogP contribution in [-0.4, -0.2) is 60.9 Å². The third-order valence-corrected chi connectivity index (χ3v) is 7.46. The smallest absolute Gasteiger partial charge is 0.306 e. The maximum Gasteiger partial charge on any atom is 0.306 e. The van der Waals surface area contributed by atoms with Gasteiger partial charge in [0.2, 0.25) is 5.90 Å². The molecule has 1 amide bonds. The van der Waals surface area contributed by atoms with Crippen molar-refractivity contribution in [1.29, 1.82) is 0 Å². The van der Waals surface area contributed by atoms with Gasteiger partial charge in [0.15, 0.2) is 11.6 Å². The number of ether oxygens (including phenoxy) is 4. The number of carbonyl (C=O) groups is 2. The molecule has 0 fully saturated rings. The number of hydrogen-bond acceptors (Lipinski definition) is 9. The minimum absolute atomic E-state index is 0.0142. The highest BCUT2D eigenvalue weighted by Gasteiger charge is 2.53. The van der Waals surface area contributed by atoms with Crippen LogP contribution in [0.2, 0.25) is 5.02 Å². The van der Waals surface area contributed by atoms with Gasteiger partial charge in [0, 0.05) is 36.6 Å². The van der Waals surface area contributed by atoms with Gasteiger partial charge < -0.3 is 24.1 Å². The molecule has 10 nitrogen and oxygen atoms in total. The lowest BCUT2D eigenvalue weighted by Crippen LogP contribution is -2.53. The lowest BCUT2D eigenvalue weighted by molar-refractivity contribution is -0.155. The number of methoxy groups -OCH3 is 1. The first kappa shape index (κ1) is 34.7. The Hall–Kier alpha value is -4.12. The van der Waals surface area contributed by atoms with E-state index < -0.39 is 29.1 Å². The topological polar surface area (TPSA) is 128 Å². The molecule has 2 atom stereocenters. The molecular weight excluding hydrogens is 610 g/mol. The van der Waals surface area contributed by atoms with E-state index in [1.807, 2.05) is 36.4 Å². The monoisotopic (exact) mass is 651 g/mol. The van der Waals surface area contributed by atoms with Gasteiger partial charge in [-0.1, -0.05) is 35.9 Å². The van der Waals surface area contributed by atoms with Gasteiger partial charge in [-0.3, -0.25) is 15.0 Å². The molecule has 0 bridgehead atoms. The molecular formula is C35H42ClN3O7. The number of esters is 1. The second-order valence-electron chi connectivity index (χ2n) is 11.9. The molecule has 246 valence electrons. The maximum absolute atomic E-state index is 14.2. The Labute approximate surface area is 275 Å². The van der Waals surface area contributed by atoms with E-state index in [-0.39, 0.29) is 25.3 Å². The van der Waals surface area contributed by atoms with E-state index in [4.69, 9.17) is 40.6 Å². The van der Waals surface area contributed by atoms with Crippen LogP contribution in [0, 0.1) is 0 Å². The predicted octanol–water partition coefficient (Wildman–Crippen LogP) is 5.35. The van der Waals surface area contributed by atoms with E-state index in [0.717, 1.165) is 5.56 Å². The van der Waals surface area contributed by atoms with Crippen LogP contribution in [0.3, 0.4) is 0 Å². The van der Waals surface area contributed by atoms with Crippen molar-refractivity contribution in [2.45, 2.75) is 63.7 Å². The molecule has 0 radical (unpaired) electrons. The molecule has 0 aliphatic carbocycles. The minimum atomic E-state index is -1.54. The van der Waals surface area contributed by atoms with Gasteiger partial charge in [-0.25, -0.2) is 10.4 Å². The summed E-state index contributed by atoms with van der Waals surface area (Å²) >= 11 is 6.01. The molecule has 0 saturated heterocycles. The quantitative estimate of drug-likeness (QED) is 0.114. The molecule has 0 spiro atoms. The third-order valence-electron chi connectivity index (χ3n) is 7.21. The molecule has 3 aromatic carbocycles. The molecule has 1 heterocycles. The molecule has 46 heavy (non-hydrogen) atoms. The maximum atomic E-state index is 14.2. The number of halogens is 1. The highest BCUT2D eigenvalue weighted by molar-refractivity contribution is 6.30. The zero-order valence-electron chi connectivity index (χ0n) is 26.7. The van der Waals surface area contributed by atoms with Crippen molar-refractivity contribution in [3.63, 3.8) is 0 Å². The number of aliphatic imine (C=N–C) groups is 1. The van der Waals surface area contributed by atoms with Crippen LogP contribution in [-0.2, 0) is 25.5 Å². The number of nitrogens with one attached hydrogen (secondary N) is 2. The number of aliphatic hydroxyl groups excluding tert-OH is 1. The molecule has 1 aliphatic heterocycles. The fourth-order valence-corrected chi connectivity index (χ4v) is 5.10. The molecule has 4 rings (SSSR count). The lowest BCUT2D eigenvalue weighted by Gasteiger charge is -2.31. The Morgan fingerprint density at radius 2 is 1.78 bits per heavy atom. The molecule has 1 aliphatic rings. The second kappa shape index (κ2) is 15.9. The van der Waals surface area contributed by atoms with Crippen molar-refractivity contribution in [3.8, 4) is 11.5 Å². The van der Waals surface area contributed by atoms with Crippen LogP contribution in [0.4, 0.5) is 0 Å². The van der Waals surface area contributed by atoms with Crippen LogP contribution >= 0.6 is 11.6 Å². The normalized spacial score (nSPS) is 17.5. The van der Waals surface area contributed by atoms with Crippen molar-refractivity contribution in [2.75, 3.05) is 26.9 Å². The Morgan fingerprint density at radius 1 is 1.04 bits per heavy atom. The largest absolute Gasteiger partial charge is 0.497 e. The summed E-state index contributed by atoms with van der Waals surface area (Å²) in [6.45, 7) is 6.24. The average Bonchev–Trinajstić information content (AvgIpc) is 3.43. The first-order valence-electron chi connectivity index (χ1n) is 15.3. The fourth-order valence-electron chi connectivity index (χ4n) is 4.97. The number of aliphatic hydroxyl groups is 1. The molecule has 0 unspecified atom stereocenters. The molecule has 0 aromatic heterocycles. The Balaban J connectivity index is 1.66. The van der Waals surface area contributed by atoms with Gasteiger partial charge in [0.1, 0.15) is 17.1 Å². The van der Waals surface area contributed by atoms with Crippen LogP contribution in [0.25, 0.3) is 0 Å². The van der Waals surface area contributed by atoms with Crippen molar-refractivity contribution in [1.82, 2.24) is 10.9 Å². The number of hydrazine groups is 1. The number of hydrogen-bond donors (Lipinski definition) is 3. The van der Waals surface area contributed by atoms with Gasteiger partial charge in [-0.2, -0.15) is 0 Å². The third kappa shape index (κ3) is 9.45. The fraction of sp³-hybridized carbons (Fsp3) is 0.400. The number of nitrogens with zero attached hydrogens (tertiary/aromatic N) is 1. The van der Waals surface area contributed by atoms with Gasteiger partial charge in [-0.15, -0.1) is 0 Å². The summed E-state index contributed by atoms with van der Waals surface area (Å²) in [5.41, 5.74) is 5.96. The molecule has 3 N–H and O–H groups in total. The summed E-state index contributed by atoms with van der Waals surface area (Å²) in [7, 11) is 1.56. The van der Waals surface area contributed by atoms with Gasteiger partial charge in [0.05, 0.1) is 13.7 Å².